The van der Waals surface area contributed by atoms with Gasteiger partial charge in [0, 0.05) is 11.6 Å². The summed E-state index contributed by atoms with van der Waals surface area (Å²) >= 11 is 0. The van der Waals surface area contributed by atoms with Crippen LogP contribution in [-0.4, -0.2) is 13.4 Å². The number of rotatable bonds is 6. The summed E-state index contributed by atoms with van der Waals surface area (Å²) in [5, 5.41) is 1.18. The van der Waals surface area contributed by atoms with E-state index in [4.69, 9.17) is 0 Å². The molecule has 0 amide bonds. The number of pyridine rings is 1. The first kappa shape index (κ1) is 17.1. The fourth-order valence-corrected chi connectivity index (χ4v) is 3.43. The van der Waals surface area contributed by atoms with Gasteiger partial charge in [-0.1, -0.05) is 66.7 Å². The molecule has 0 saturated heterocycles. The number of nitrogens with zero attached hydrogens (tertiary/aromatic N) is 1. The first-order valence-corrected chi connectivity index (χ1v) is 9.40. The Bertz CT molecular complexity index is 886. The molecule has 3 rings (SSSR count). The Hall–Kier alpha value is -2.76. The monoisotopic (exact) mass is 350 g/mol. The molecule has 0 fully saturated rings. The van der Waals surface area contributed by atoms with Crippen LogP contribution >= 0.6 is 0 Å². The molecule has 3 aromatic rings. The lowest BCUT2D eigenvalue weighted by Gasteiger charge is -2.17. The third kappa shape index (κ3) is 4.86. The number of aromatic nitrogens is 1. The van der Waals surface area contributed by atoms with Gasteiger partial charge in [-0.15, -0.1) is 0 Å². The third-order valence-corrected chi connectivity index (χ3v) is 4.70. The van der Waals surface area contributed by atoms with Gasteiger partial charge in [0.1, 0.15) is 0 Å². The molecule has 0 radical (unpaired) electrons. The normalized spacial score (nSPS) is 13.0. The first-order chi connectivity index (χ1) is 12.1. The van der Waals surface area contributed by atoms with Crippen LogP contribution in [0.4, 0.5) is 0 Å². The molecule has 0 aliphatic rings. The molecule has 1 aromatic heterocycles. The van der Waals surface area contributed by atoms with Crippen molar-refractivity contribution in [2.75, 3.05) is 0 Å². The summed E-state index contributed by atoms with van der Waals surface area (Å²) in [7, 11) is -3.65. The second kappa shape index (κ2) is 7.88. The largest absolute Gasteiger partial charge is 0.259 e. The Balaban J connectivity index is 1.88. The highest BCUT2D eigenvalue weighted by molar-refractivity contribution is 7.92. The maximum Gasteiger partial charge on any atom is 0.234 e. The minimum atomic E-state index is -3.65. The molecule has 25 heavy (non-hydrogen) atoms. The minimum absolute atomic E-state index is 0.548. The van der Waals surface area contributed by atoms with Crippen molar-refractivity contribution < 1.29 is 8.42 Å². The first-order valence-electron chi connectivity index (χ1n) is 7.85. The Morgan fingerprint density at radius 1 is 0.840 bits per heavy atom. The Morgan fingerprint density at radius 2 is 1.48 bits per heavy atom. The Kier molecular flexibility index (Phi) is 5.38. The number of nitrogens with one attached hydrogen (secondary N) is 1. The number of hydrogen-bond donors (Lipinski definition) is 1. The van der Waals surface area contributed by atoms with E-state index in [2.05, 4.69) is 9.71 Å². The van der Waals surface area contributed by atoms with E-state index in [1.54, 1.807) is 24.4 Å². The molecule has 0 aliphatic heterocycles. The lowest BCUT2D eigenvalue weighted by Crippen LogP contribution is -2.28. The van der Waals surface area contributed by atoms with Gasteiger partial charge in [0.05, 0.1) is 11.7 Å². The zero-order valence-electron chi connectivity index (χ0n) is 13.5. The maximum absolute atomic E-state index is 12.5. The summed E-state index contributed by atoms with van der Waals surface area (Å²) in [6.45, 7) is 0. The molecule has 0 unspecified atom stereocenters. The number of hydrogen-bond acceptors (Lipinski definition) is 3. The average molecular weight is 350 g/mol. The van der Waals surface area contributed by atoms with Crippen LogP contribution in [0.2, 0.25) is 0 Å². The van der Waals surface area contributed by atoms with Crippen molar-refractivity contribution in [2.24, 2.45) is 0 Å². The van der Waals surface area contributed by atoms with Crippen molar-refractivity contribution in [3.63, 3.8) is 0 Å². The Morgan fingerprint density at radius 3 is 2.12 bits per heavy atom. The summed E-state index contributed by atoms with van der Waals surface area (Å²) in [5.74, 6) is 0. The van der Waals surface area contributed by atoms with Crippen molar-refractivity contribution in [3.8, 4) is 0 Å². The van der Waals surface area contributed by atoms with Crippen molar-refractivity contribution in [1.29, 1.82) is 0 Å². The van der Waals surface area contributed by atoms with E-state index in [-0.39, 0.29) is 0 Å². The molecular formula is C20H18N2O2S. The molecular weight excluding hydrogens is 332 g/mol. The number of benzene rings is 2. The van der Waals surface area contributed by atoms with Crippen LogP contribution in [0.25, 0.3) is 6.08 Å². The van der Waals surface area contributed by atoms with Crippen LogP contribution in [0.5, 0.6) is 0 Å². The van der Waals surface area contributed by atoms with Crippen LogP contribution in [0, 0.1) is 0 Å². The predicted molar refractivity (Wildman–Crippen MR) is 100 cm³/mol. The molecule has 0 spiro atoms. The summed E-state index contributed by atoms with van der Waals surface area (Å²) < 4.78 is 27.8. The van der Waals surface area contributed by atoms with Gasteiger partial charge >= 0.3 is 0 Å². The quantitative estimate of drug-likeness (QED) is 0.736. The van der Waals surface area contributed by atoms with Gasteiger partial charge in [-0.05, 0) is 29.3 Å². The van der Waals surface area contributed by atoms with Crippen LogP contribution in [0.15, 0.2) is 90.5 Å². The summed E-state index contributed by atoms with van der Waals surface area (Å²) in [5.41, 5.74) is 2.30. The van der Waals surface area contributed by atoms with Gasteiger partial charge in [-0.3, -0.25) is 4.98 Å². The molecule has 0 bridgehead atoms. The zero-order valence-corrected chi connectivity index (χ0v) is 14.3. The van der Waals surface area contributed by atoms with E-state index in [0.717, 1.165) is 11.1 Å². The van der Waals surface area contributed by atoms with Gasteiger partial charge in [-0.25, -0.2) is 8.42 Å². The second-order valence-electron chi connectivity index (χ2n) is 5.47. The molecule has 4 nitrogen and oxygen atoms in total. The lowest BCUT2D eigenvalue weighted by atomic mass is 10.0. The number of sulfonamides is 1. The van der Waals surface area contributed by atoms with Crippen molar-refractivity contribution in [3.05, 3.63) is 107 Å². The highest BCUT2D eigenvalue weighted by atomic mass is 32.2. The fraction of sp³-hybridized carbons (Fsp3) is 0.0500. The standard InChI is InChI=1S/C20H18N2O2S/c23-25(24,16-14-17-9-3-1-4-10-17)22-20(18-11-5-2-6-12-18)19-13-7-8-15-21-19/h1-16,20,22H/b16-14+/t20-/m1/s1. The van der Waals surface area contributed by atoms with E-state index in [1.165, 1.54) is 5.41 Å². The SMILES string of the molecule is O=S(=O)(/C=C/c1ccccc1)N[C@H](c1ccccc1)c1ccccn1. The topological polar surface area (TPSA) is 59.1 Å². The molecule has 1 N–H and O–H groups in total. The van der Waals surface area contributed by atoms with Crippen LogP contribution in [0.3, 0.4) is 0 Å². The highest BCUT2D eigenvalue weighted by Crippen LogP contribution is 2.21. The summed E-state index contributed by atoms with van der Waals surface area (Å²) in [4.78, 5) is 4.31. The molecule has 0 saturated carbocycles. The van der Waals surface area contributed by atoms with Crippen molar-refractivity contribution >= 4 is 16.1 Å². The van der Waals surface area contributed by atoms with Gasteiger partial charge in [0.15, 0.2) is 0 Å². The van der Waals surface area contributed by atoms with Crippen LogP contribution < -0.4 is 4.72 Å². The molecule has 0 aliphatic carbocycles. The van der Waals surface area contributed by atoms with E-state index < -0.39 is 16.1 Å². The Labute approximate surface area is 147 Å². The molecule has 2 aromatic carbocycles. The molecule has 126 valence electrons. The van der Waals surface area contributed by atoms with Crippen LogP contribution in [-0.2, 0) is 10.0 Å². The minimum Gasteiger partial charge on any atom is -0.259 e. The van der Waals surface area contributed by atoms with E-state index in [0.29, 0.717) is 5.69 Å². The van der Waals surface area contributed by atoms with Crippen molar-refractivity contribution in [1.82, 2.24) is 9.71 Å². The lowest BCUT2D eigenvalue weighted by molar-refractivity contribution is 0.579. The van der Waals surface area contributed by atoms with Gasteiger partial charge in [-0.2, -0.15) is 4.72 Å². The average Bonchev–Trinajstić information content (AvgIpc) is 2.67. The molecule has 1 atom stereocenters. The molecule has 1 heterocycles. The second-order valence-corrected chi connectivity index (χ2v) is 7.07. The van der Waals surface area contributed by atoms with Gasteiger partial charge < -0.3 is 0 Å². The van der Waals surface area contributed by atoms with Crippen LogP contribution in [0.1, 0.15) is 22.9 Å². The smallest absolute Gasteiger partial charge is 0.234 e. The summed E-state index contributed by atoms with van der Waals surface area (Å²) in [6.07, 6.45) is 3.22. The van der Waals surface area contributed by atoms with E-state index in [1.807, 2.05) is 66.7 Å². The zero-order chi connectivity index (χ0) is 17.5. The highest BCUT2D eigenvalue weighted by Gasteiger charge is 2.20. The predicted octanol–water partition coefficient (Wildman–Crippen LogP) is 3.76. The summed E-state index contributed by atoms with van der Waals surface area (Å²) in [6, 6.07) is 23.6. The third-order valence-electron chi connectivity index (χ3n) is 3.64. The van der Waals surface area contributed by atoms with Crippen molar-refractivity contribution in [2.45, 2.75) is 6.04 Å². The van der Waals surface area contributed by atoms with Gasteiger partial charge in [0.2, 0.25) is 10.0 Å². The fourth-order valence-electron chi connectivity index (χ4n) is 2.43. The maximum atomic E-state index is 12.5. The van der Waals surface area contributed by atoms with E-state index in [9.17, 15) is 8.42 Å². The van der Waals surface area contributed by atoms with Gasteiger partial charge in [0.25, 0.3) is 0 Å². The van der Waals surface area contributed by atoms with E-state index >= 15 is 0 Å². The molecule has 5 heteroatoms.